The van der Waals surface area contributed by atoms with Gasteiger partial charge in [-0.3, -0.25) is 4.99 Å². The molecule has 28 heavy (non-hydrogen) atoms. The standard InChI is InChI=1S/C21H34FN5O/c1-4-23-20(24-17-21(25(2)3)9-15-28-16-10-21)27-13-11-26(12-14-27)19-7-5-18(22)6-8-19/h5-8H,4,9-17H2,1-3H3,(H,23,24). The van der Waals surface area contributed by atoms with Crippen LogP contribution >= 0.6 is 0 Å². The molecule has 0 radical (unpaired) electrons. The quantitative estimate of drug-likeness (QED) is 0.615. The summed E-state index contributed by atoms with van der Waals surface area (Å²) in [6.07, 6.45) is 2.03. The molecule has 7 heteroatoms. The smallest absolute Gasteiger partial charge is 0.194 e. The zero-order valence-corrected chi connectivity index (χ0v) is 17.5. The number of guanidine groups is 1. The Labute approximate surface area is 168 Å². The largest absolute Gasteiger partial charge is 0.381 e. The van der Waals surface area contributed by atoms with E-state index in [1.165, 1.54) is 12.1 Å². The van der Waals surface area contributed by atoms with E-state index in [0.717, 1.165) is 77.0 Å². The Hall–Kier alpha value is -1.86. The van der Waals surface area contributed by atoms with Gasteiger partial charge in [0.2, 0.25) is 0 Å². The van der Waals surface area contributed by atoms with Crippen LogP contribution in [0.4, 0.5) is 10.1 Å². The lowest BCUT2D eigenvalue weighted by atomic mass is 9.89. The van der Waals surface area contributed by atoms with Crippen molar-refractivity contribution in [2.75, 3.05) is 71.5 Å². The van der Waals surface area contributed by atoms with E-state index in [4.69, 9.17) is 9.73 Å². The van der Waals surface area contributed by atoms with Crippen LogP contribution in [-0.4, -0.2) is 87.9 Å². The molecular weight excluding hydrogens is 357 g/mol. The van der Waals surface area contributed by atoms with Crippen molar-refractivity contribution in [3.63, 3.8) is 0 Å². The first-order valence-electron chi connectivity index (χ1n) is 10.3. The van der Waals surface area contributed by atoms with Crippen molar-refractivity contribution in [3.05, 3.63) is 30.1 Å². The average Bonchev–Trinajstić information content (AvgIpc) is 2.72. The number of anilines is 1. The van der Waals surface area contributed by atoms with Gasteiger partial charge in [0.05, 0.1) is 6.54 Å². The number of ether oxygens (including phenoxy) is 1. The third-order valence-electron chi connectivity index (χ3n) is 6.00. The van der Waals surface area contributed by atoms with E-state index < -0.39 is 0 Å². The summed E-state index contributed by atoms with van der Waals surface area (Å²) in [5.41, 5.74) is 1.16. The van der Waals surface area contributed by atoms with Crippen molar-refractivity contribution in [1.82, 2.24) is 15.1 Å². The Morgan fingerprint density at radius 1 is 1.14 bits per heavy atom. The molecule has 3 rings (SSSR count). The molecule has 0 aliphatic carbocycles. The molecule has 1 aromatic carbocycles. The molecule has 2 saturated heterocycles. The maximum atomic E-state index is 13.2. The Morgan fingerprint density at radius 3 is 2.36 bits per heavy atom. The Kier molecular flexibility index (Phi) is 7.13. The van der Waals surface area contributed by atoms with E-state index in [-0.39, 0.29) is 11.4 Å². The number of nitrogens with one attached hydrogen (secondary N) is 1. The highest BCUT2D eigenvalue weighted by Gasteiger charge is 2.35. The van der Waals surface area contributed by atoms with E-state index in [2.05, 4.69) is 41.0 Å². The molecule has 0 aromatic heterocycles. The molecule has 0 unspecified atom stereocenters. The van der Waals surface area contributed by atoms with Gasteiger partial charge < -0.3 is 24.8 Å². The molecule has 2 fully saturated rings. The SMILES string of the molecule is CCNC(=NCC1(N(C)C)CCOCC1)N1CCN(c2ccc(F)cc2)CC1. The summed E-state index contributed by atoms with van der Waals surface area (Å²) in [5, 5.41) is 3.47. The summed E-state index contributed by atoms with van der Waals surface area (Å²) in [7, 11) is 4.30. The highest BCUT2D eigenvalue weighted by molar-refractivity contribution is 5.80. The zero-order valence-electron chi connectivity index (χ0n) is 17.5. The van der Waals surface area contributed by atoms with Crippen molar-refractivity contribution < 1.29 is 9.13 Å². The van der Waals surface area contributed by atoms with Gasteiger partial charge in [-0.05, 0) is 58.1 Å². The second kappa shape index (κ2) is 9.56. The first-order valence-corrected chi connectivity index (χ1v) is 10.3. The van der Waals surface area contributed by atoms with Gasteiger partial charge in [0.25, 0.3) is 0 Å². The van der Waals surface area contributed by atoms with Crippen LogP contribution in [0.5, 0.6) is 0 Å². The first kappa shape index (κ1) is 20.9. The van der Waals surface area contributed by atoms with Gasteiger partial charge in [-0.1, -0.05) is 0 Å². The molecule has 6 nitrogen and oxygen atoms in total. The summed E-state index contributed by atoms with van der Waals surface area (Å²) in [6, 6.07) is 6.77. The number of benzene rings is 1. The van der Waals surface area contributed by atoms with Crippen LogP contribution < -0.4 is 10.2 Å². The van der Waals surface area contributed by atoms with Crippen molar-refractivity contribution in [3.8, 4) is 0 Å². The fourth-order valence-corrected chi connectivity index (χ4v) is 3.97. The van der Waals surface area contributed by atoms with Gasteiger partial charge >= 0.3 is 0 Å². The summed E-state index contributed by atoms with van der Waals surface area (Å²) < 4.78 is 18.7. The molecule has 2 aliphatic rings. The maximum Gasteiger partial charge on any atom is 0.194 e. The minimum absolute atomic E-state index is 0.0782. The molecule has 0 saturated carbocycles. The third kappa shape index (κ3) is 4.94. The topological polar surface area (TPSA) is 43.3 Å². The second-order valence-corrected chi connectivity index (χ2v) is 7.85. The molecule has 1 N–H and O–H groups in total. The molecular formula is C21H34FN5O. The molecule has 0 spiro atoms. The number of halogens is 1. The molecule has 2 heterocycles. The van der Waals surface area contributed by atoms with E-state index in [0.29, 0.717) is 0 Å². The van der Waals surface area contributed by atoms with Crippen LogP contribution in [0.25, 0.3) is 0 Å². The molecule has 1 aromatic rings. The second-order valence-electron chi connectivity index (χ2n) is 7.85. The Bertz CT molecular complexity index is 635. The predicted molar refractivity (Wildman–Crippen MR) is 113 cm³/mol. The molecule has 0 bridgehead atoms. The number of hydrogen-bond acceptors (Lipinski definition) is 4. The van der Waals surface area contributed by atoms with Crippen LogP contribution in [0.15, 0.2) is 29.3 Å². The summed E-state index contributed by atoms with van der Waals surface area (Å²) >= 11 is 0. The van der Waals surface area contributed by atoms with Gasteiger partial charge in [-0.2, -0.15) is 0 Å². The lowest BCUT2D eigenvalue weighted by Gasteiger charge is -2.42. The number of likely N-dealkylation sites (N-methyl/N-ethyl adjacent to an activating group) is 1. The molecule has 0 atom stereocenters. The number of nitrogens with zero attached hydrogens (tertiary/aromatic N) is 4. The number of rotatable bonds is 5. The number of aliphatic imine (C=N–C) groups is 1. The minimum Gasteiger partial charge on any atom is -0.381 e. The van der Waals surface area contributed by atoms with Crippen molar-refractivity contribution in [1.29, 1.82) is 0 Å². The van der Waals surface area contributed by atoms with E-state index in [9.17, 15) is 4.39 Å². The number of piperazine rings is 1. The Balaban J connectivity index is 1.64. The van der Waals surface area contributed by atoms with E-state index in [1.54, 1.807) is 0 Å². The highest BCUT2D eigenvalue weighted by atomic mass is 19.1. The fourth-order valence-electron chi connectivity index (χ4n) is 3.97. The van der Waals surface area contributed by atoms with Gasteiger partial charge in [-0.25, -0.2) is 4.39 Å². The maximum absolute atomic E-state index is 13.2. The monoisotopic (exact) mass is 391 g/mol. The predicted octanol–water partition coefficient (Wildman–Crippen LogP) is 2.02. The number of hydrogen-bond donors (Lipinski definition) is 1. The van der Waals surface area contributed by atoms with Gasteiger partial charge in [-0.15, -0.1) is 0 Å². The van der Waals surface area contributed by atoms with Gasteiger partial charge in [0.1, 0.15) is 5.82 Å². The minimum atomic E-state index is -0.188. The van der Waals surface area contributed by atoms with Crippen LogP contribution in [0.2, 0.25) is 0 Å². The first-order chi connectivity index (χ1) is 13.5. The third-order valence-corrected chi connectivity index (χ3v) is 6.00. The lowest BCUT2D eigenvalue weighted by Crippen LogP contribution is -2.54. The van der Waals surface area contributed by atoms with Crippen LogP contribution in [0.1, 0.15) is 19.8 Å². The van der Waals surface area contributed by atoms with Crippen LogP contribution in [0, 0.1) is 5.82 Å². The zero-order chi connectivity index (χ0) is 20.0. The van der Waals surface area contributed by atoms with Crippen molar-refractivity contribution in [2.45, 2.75) is 25.3 Å². The molecule has 156 valence electrons. The Morgan fingerprint density at radius 2 is 1.79 bits per heavy atom. The van der Waals surface area contributed by atoms with E-state index >= 15 is 0 Å². The highest BCUT2D eigenvalue weighted by Crippen LogP contribution is 2.26. The van der Waals surface area contributed by atoms with Gasteiger partial charge in [0.15, 0.2) is 5.96 Å². The fraction of sp³-hybridized carbons (Fsp3) is 0.667. The molecule has 2 aliphatic heterocycles. The lowest BCUT2D eigenvalue weighted by molar-refractivity contribution is -0.00264. The van der Waals surface area contributed by atoms with E-state index in [1.807, 2.05) is 12.1 Å². The summed E-state index contributed by atoms with van der Waals surface area (Å²) in [6.45, 7) is 8.98. The summed E-state index contributed by atoms with van der Waals surface area (Å²) in [4.78, 5) is 12.0. The van der Waals surface area contributed by atoms with Gasteiger partial charge in [0, 0.05) is 57.2 Å². The van der Waals surface area contributed by atoms with Crippen molar-refractivity contribution in [2.24, 2.45) is 4.99 Å². The van der Waals surface area contributed by atoms with Crippen molar-refractivity contribution >= 4 is 11.6 Å². The van der Waals surface area contributed by atoms with Crippen LogP contribution in [0.3, 0.4) is 0 Å². The van der Waals surface area contributed by atoms with Crippen LogP contribution in [-0.2, 0) is 4.74 Å². The average molecular weight is 392 g/mol. The summed E-state index contributed by atoms with van der Waals surface area (Å²) in [5.74, 6) is 0.806. The molecule has 0 amide bonds. The normalized spacial score (nSPS) is 20.5.